The average molecular weight is 334 g/mol. The fourth-order valence-electron chi connectivity index (χ4n) is 2.91. The number of aromatic amines is 1. The normalized spacial score (nSPS) is 14.6. The average Bonchev–Trinajstić information content (AvgIpc) is 3.17. The molecule has 25 heavy (non-hydrogen) atoms. The minimum Gasteiger partial charge on any atom is -0.425 e. The largest absolute Gasteiger partial charge is 0.425 e. The van der Waals surface area contributed by atoms with Crippen LogP contribution >= 0.6 is 0 Å². The van der Waals surface area contributed by atoms with Crippen molar-refractivity contribution in [1.29, 1.82) is 0 Å². The van der Waals surface area contributed by atoms with Crippen molar-refractivity contribution in [3.8, 4) is 5.75 Å². The molecule has 2 heterocycles. The van der Waals surface area contributed by atoms with Crippen LogP contribution in [0.25, 0.3) is 22.6 Å². The Kier molecular flexibility index (Phi) is 3.59. The molecule has 2 aromatic carbocycles. The number of H-pyrrole nitrogens is 1. The summed E-state index contributed by atoms with van der Waals surface area (Å²) in [5, 5.41) is 12.6. The Morgan fingerprint density at radius 1 is 1.20 bits per heavy atom. The van der Waals surface area contributed by atoms with Crippen molar-refractivity contribution in [2.75, 3.05) is 11.9 Å². The first kappa shape index (κ1) is 15.2. The third-order valence-electron chi connectivity index (χ3n) is 4.06. The van der Waals surface area contributed by atoms with Crippen LogP contribution in [0.2, 0.25) is 0 Å². The van der Waals surface area contributed by atoms with Gasteiger partial charge in [0, 0.05) is 39.5 Å². The number of anilines is 1. The summed E-state index contributed by atoms with van der Waals surface area (Å²) in [5.41, 5.74) is 3.67. The SMILES string of the molecule is O=C(CO)Oc1ccc2c(c1)C(=Cc1c[nH]c3ccccc13)C(=O)N2. The van der Waals surface area contributed by atoms with Crippen LogP contribution < -0.4 is 10.1 Å². The van der Waals surface area contributed by atoms with Gasteiger partial charge in [-0.25, -0.2) is 4.79 Å². The highest BCUT2D eigenvalue weighted by molar-refractivity contribution is 6.35. The quantitative estimate of drug-likeness (QED) is 0.390. The fraction of sp³-hybridized carbons (Fsp3) is 0.0526. The van der Waals surface area contributed by atoms with Crippen LogP contribution in [0.4, 0.5) is 5.69 Å². The van der Waals surface area contributed by atoms with Gasteiger partial charge in [0.1, 0.15) is 12.4 Å². The second kappa shape index (κ2) is 5.92. The number of benzene rings is 2. The van der Waals surface area contributed by atoms with Crippen LogP contribution in [0, 0.1) is 0 Å². The number of para-hydroxylation sites is 1. The van der Waals surface area contributed by atoms with Crippen molar-refractivity contribution in [3.63, 3.8) is 0 Å². The molecule has 124 valence electrons. The monoisotopic (exact) mass is 334 g/mol. The summed E-state index contributed by atoms with van der Waals surface area (Å²) < 4.78 is 5.02. The number of aliphatic hydroxyl groups is 1. The van der Waals surface area contributed by atoms with Gasteiger partial charge < -0.3 is 20.1 Å². The Balaban J connectivity index is 1.78. The molecule has 1 aliphatic rings. The van der Waals surface area contributed by atoms with Gasteiger partial charge in [0.2, 0.25) is 0 Å². The highest BCUT2D eigenvalue weighted by Gasteiger charge is 2.25. The molecule has 0 unspecified atom stereocenters. The zero-order chi connectivity index (χ0) is 17.4. The Hall–Kier alpha value is -3.38. The van der Waals surface area contributed by atoms with E-state index < -0.39 is 12.6 Å². The van der Waals surface area contributed by atoms with Crippen LogP contribution in [0.15, 0.2) is 48.7 Å². The zero-order valence-electron chi connectivity index (χ0n) is 13.1. The van der Waals surface area contributed by atoms with E-state index in [0.717, 1.165) is 16.5 Å². The lowest BCUT2D eigenvalue weighted by Crippen LogP contribution is -2.12. The summed E-state index contributed by atoms with van der Waals surface area (Å²) in [6.07, 6.45) is 3.65. The number of hydrogen-bond donors (Lipinski definition) is 3. The number of fused-ring (bicyclic) bond motifs is 2. The van der Waals surface area contributed by atoms with E-state index in [4.69, 9.17) is 9.84 Å². The molecule has 0 spiro atoms. The number of aromatic nitrogens is 1. The predicted molar refractivity (Wildman–Crippen MR) is 94.0 cm³/mol. The van der Waals surface area contributed by atoms with Gasteiger partial charge >= 0.3 is 5.97 Å². The molecule has 3 N–H and O–H groups in total. The summed E-state index contributed by atoms with van der Waals surface area (Å²) in [7, 11) is 0. The van der Waals surface area contributed by atoms with Crippen molar-refractivity contribution >= 4 is 40.1 Å². The molecule has 0 saturated heterocycles. The van der Waals surface area contributed by atoms with Gasteiger partial charge in [0.25, 0.3) is 5.91 Å². The number of nitrogens with one attached hydrogen (secondary N) is 2. The molecule has 0 bridgehead atoms. The molecule has 0 saturated carbocycles. The van der Waals surface area contributed by atoms with Crippen LogP contribution in [0.1, 0.15) is 11.1 Å². The van der Waals surface area contributed by atoms with Crippen molar-refractivity contribution < 1.29 is 19.4 Å². The van der Waals surface area contributed by atoms with Gasteiger partial charge in [0.15, 0.2) is 0 Å². The van der Waals surface area contributed by atoms with Gasteiger partial charge in [0.05, 0.1) is 0 Å². The van der Waals surface area contributed by atoms with Crippen molar-refractivity contribution in [2.24, 2.45) is 0 Å². The summed E-state index contributed by atoms with van der Waals surface area (Å²) >= 11 is 0. The van der Waals surface area contributed by atoms with Gasteiger partial charge in [-0.2, -0.15) is 0 Å². The van der Waals surface area contributed by atoms with E-state index in [9.17, 15) is 9.59 Å². The van der Waals surface area contributed by atoms with Crippen molar-refractivity contribution in [2.45, 2.75) is 0 Å². The lowest BCUT2D eigenvalue weighted by Gasteiger charge is -2.05. The fourth-order valence-corrected chi connectivity index (χ4v) is 2.91. The van der Waals surface area contributed by atoms with Crippen molar-refractivity contribution in [1.82, 2.24) is 4.98 Å². The van der Waals surface area contributed by atoms with Gasteiger partial charge in [-0.15, -0.1) is 0 Å². The second-order valence-corrected chi connectivity index (χ2v) is 5.64. The van der Waals surface area contributed by atoms with E-state index in [-0.39, 0.29) is 11.7 Å². The third-order valence-corrected chi connectivity index (χ3v) is 4.06. The van der Waals surface area contributed by atoms with Gasteiger partial charge in [-0.05, 0) is 30.3 Å². The van der Waals surface area contributed by atoms with Gasteiger partial charge in [-0.3, -0.25) is 4.79 Å². The Morgan fingerprint density at radius 2 is 2.04 bits per heavy atom. The highest BCUT2D eigenvalue weighted by Crippen LogP contribution is 2.36. The smallest absolute Gasteiger partial charge is 0.337 e. The maximum atomic E-state index is 12.3. The van der Waals surface area contributed by atoms with E-state index in [1.165, 1.54) is 0 Å². The minimum absolute atomic E-state index is 0.217. The molecule has 0 fully saturated rings. The predicted octanol–water partition coefficient (Wildman–Crippen LogP) is 2.56. The summed E-state index contributed by atoms with van der Waals surface area (Å²) in [6.45, 7) is -0.702. The number of carbonyl (C=O) groups excluding carboxylic acids is 2. The van der Waals surface area contributed by atoms with Crippen LogP contribution in [0.3, 0.4) is 0 Å². The maximum absolute atomic E-state index is 12.3. The van der Waals surface area contributed by atoms with Crippen LogP contribution in [-0.4, -0.2) is 28.6 Å². The molecule has 4 rings (SSSR count). The molecule has 0 aliphatic carbocycles. The van der Waals surface area contributed by atoms with Crippen LogP contribution in [-0.2, 0) is 9.59 Å². The topological polar surface area (TPSA) is 91.4 Å². The second-order valence-electron chi connectivity index (χ2n) is 5.64. The summed E-state index contributed by atoms with van der Waals surface area (Å²) in [4.78, 5) is 26.8. The van der Waals surface area contributed by atoms with Crippen LogP contribution in [0.5, 0.6) is 5.75 Å². The number of esters is 1. The van der Waals surface area contributed by atoms with Crippen molar-refractivity contribution in [3.05, 3.63) is 59.8 Å². The molecule has 0 radical (unpaired) electrons. The van der Waals surface area contributed by atoms with E-state index in [1.54, 1.807) is 24.3 Å². The molecule has 0 atom stereocenters. The highest BCUT2D eigenvalue weighted by atomic mass is 16.5. The summed E-state index contributed by atoms with van der Waals surface area (Å²) in [5.74, 6) is -0.690. The van der Waals surface area contributed by atoms with Gasteiger partial charge in [-0.1, -0.05) is 18.2 Å². The number of carbonyl (C=O) groups is 2. The maximum Gasteiger partial charge on any atom is 0.337 e. The van der Waals surface area contributed by atoms with E-state index in [1.807, 2.05) is 30.5 Å². The lowest BCUT2D eigenvalue weighted by atomic mass is 10.0. The first-order valence-electron chi connectivity index (χ1n) is 7.71. The minimum atomic E-state index is -0.751. The molecule has 6 nitrogen and oxygen atoms in total. The Bertz CT molecular complexity index is 1030. The Morgan fingerprint density at radius 3 is 2.88 bits per heavy atom. The molecular weight excluding hydrogens is 320 g/mol. The number of rotatable bonds is 3. The summed E-state index contributed by atoms with van der Waals surface area (Å²) in [6, 6.07) is 12.7. The molecule has 1 aromatic heterocycles. The number of ether oxygens (including phenoxy) is 1. The zero-order valence-corrected chi connectivity index (χ0v) is 13.1. The standard InChI is InChI=1S/C19H14N2O4/c22-10-18(23)25-12-5-6-17-14(8-12)15(19(24)21-17)7-11-9-20-16-4-2-1-3-13(11)16/h1-9,20,22H,10H2,(H,21,24). The number of amides is 1. The molecular formula is C19H14N2O4. The number of aliphatic hydroxyl groups excluding tert-OH is 1. The first-order valence-corrected chi connectivity index (χ1v) is 7.71. The Labute approximate surface area is 142 Å². The molecule has 1 aliphatic heterocycles. The molecule has 3 aromatic rings. The van der Waals surface area contributed by atoms with E-state index in [2.05, 4.69) is 10.3 Å². The lowest BCUT2D eigenvalue weighted by molar-refractivity contribution is -0.137. The first-order chi connectivity index (χ1) is 12.2. The molecule has 1 amide bonds. The third kappa shape index (κ3) is 2.68. The molecule has 6 heteroatoms. The van der Waals surface area contributed by atoms with E-state index >= 15 is 0 Å². The number of hydrogen-bond acceptors (Lipinski definition) is 4. The van der Waals surface area contributed by atoms with E-state index in [0.29, 0.717) is 16.8 Å².